The molecule has 0 aliphatic carbocycles. The van der Waals surface area contributed by atoms with Gasteiger partial charge in [0.25, 0.3) is 0 Å². The van der Waals surface area contributed by atoms with Crippen molar-refractivity contribution in [3.8, 4) is 12.1 Å². The summed E-state index contributed by atoms with van der Waals surface area (Å²) < 4.78 is 4.68. The first-order chi connectivity index (χ1) is 10.6. The summed E-state index contributed by atoms with van der Waals surface area (Å²) in [4.78, 5) is 16.3. The highest BCUT2D eigenvalue weighted by Crippen LogP contribution is 2.34. The maximum Gasteiger partial charge on any atom is 0.327 e. The third-order valence-electron chi connectivity index (χ3n) is 3.11. The van der Waals surface area contributed by atoms with Gasteiger partial charge in [-0.3, -0.25) is 4.79 Å². The number of nitrogens with zero attached hydrogens (tertiary/aromatic N) is 3. The number of hydrogen-bond donors (Lipinski definition) is 0. The fourth-order valence-corrected chi connectivity index (χ4v) is 2.87. The van der Waals surface area contributed by atoms with Crippen LogP contribution in [0.1, 0.15) is 17.0 Å². The van der Waals surface area contributed by atoms with Crippen LogP contribution in [0, 0.1) is 22.7 Å². The van der Waals surface area contributed by atoms with Crippen molar-refractivity contribution in [3.63, 3.8) is 0 Å². The van der Waals surface area contributed by atoms with Crippen LogP contribution in [-0.2, 0) is 9.53 Å². The Bertz CT molecular complexity index is 839. The molecule has 0 aliphatic rings. The van der Waals surface area contributed by atoms with Crippen LogP contribution in [0.4, 0.5) is 0 Å². The smallest absolute Gasteiger partial charge is 0.327 e. The first-order valence-electron chi connectivity index (χ1n) is 6.12. The van der Waals surface area contributed by atoms with Crippen LogP contribution in [0.3, 0.4) is 0 Å². The number of fused-ring (bicyclic) bond motifs is 1. The predicted octanol–water partition coefficient (Wildman–Crippen LogP) is 3.26. The van der Waals surface area contributed by atoms with E-state index in [1.807, 2.05) is 12.1 Å². The zero-order valence-corrected chi connectivity index (χ0v) is 13.3. The molecular formula is C15H10ClN3O2S. The van der Waals surface area contributed by atoms with Gasteiger partial charge in [-0.05, 0) is 24.5 Å². The molecule has 0 amide bonds. The summed E-state index contributed by atoms with van der Waals surface area (Å²) in [7, 11) is 1.20. The van der Waals surface area contributed by atoms with E-state index in [4.69, 9.17) is 11.6 Å². The molecule has 2 rings (SSSR count). The molecule has 0 saturated carbocycles. The Hall–Kier alpha value is -2.28. The molecule has 5 nitrogen and oxygen atoms in total. The minimum absolute atomic E-state index is 0.194. The molecule has 1 atom stereocenters. The van der Waals surface area contributed by atoms with Gasteiger partial charge in [-0.2, -0.15) is 10.5 Å². The van der Waals surface area contributed by atoms with E-state index >= 15 is 0 Å². The minimum Gasteiger partial charge on any atom is -0.468 e. The molecule has 1 aromatic carbocycles. The van der Waals surface area contributed by atoms with Crippen LogP contribution < -0.4 is 0 Å². The lowest BCUT2D eigenvalue weighted by Gasteiger charge is -2.14. The monoisotopic (exact) mass is 331 g/mol. The Morgan fingerprint density at radius 3 is 2.73 bits per heavy atom. The summed E-state index contributed by atoms with van der Waals surface area (Å²) in [6, 6.07) is 8.88. The first-order valence-corrected chi connectivity index (χ1v) is 7.72. The van der Waals surface area contributed by atoms with Gasteiger partial charge < -0.3 is 4.74 Å². The van der Waals surface area contributed by atoms with E-state index in [1.165, 1.54) is 18.9 Å². The fourth-order valence-electron chi connectivity index (χ4n) is 2.15. The Kier molecular flexibility index (Phi) is 4.87. The molecule has 0 saturated heterocycles. The fraction of sp³-hybridized carbons (Fsp3) is 0.200. The number of benzene rings is 1. The number of rotatable bonds is 3. The van der Waals surface area contributed by atoms with E-state index in [0.717, 1.165) is 0 Å². The van der Waals surface area contributed by atoms with E-state index in [1.54, 1.807) is 24.5 Å². The van der Waals surface area contributed by atoms with Crippen molar-refractivity contribution in [1.82, 2.24) is 4.98 Å². The largest absolute Gasteiger partial charge is 0.468 e. The van der Waals surface area contributed by atoms with E-state index in [0.29, 0.717) is 21.0 Å². The Morgan fingerprint density at radius 2 is 2.18 bits per heavy atom. The molecule has 1 heterocycles. The number of thioether (sulfide) groups is 1. The van der Waals surface area contributed by atoms with E-state index in [-0.39, 0.29) is 11.1 Å². The zero-order valence-electron chi connectivity index (χ0n) is 11.8. The van der Waals surface area contributed by atoms with Gasteiger partial charge in [-0.25, -0.2) is 4.98 Å². The summed E-state index contributed by atoms with van der Waals surface area (Å²) in [5.41, 5.74) is 1.04. The van der Waals surface area contributed by atoms with Gasteiger partial charge in [0.05, 0.1) is 24.3 Å². The van der Waals surface area contributed by atoms with Gasteiger partial charge in [0.1, 0.15) is 11.1 Å². The second-order valence-corrected chi connectivity index (χ2v) is 5.50. The molecule has 110 valence electrons. The van der Waals surface area contributed by atoms with Crippen molar-refractivity contribution in [1.29, 1.82) is 10.5 Å². The van der Waals surface area contributed by atoms with Crippen LogP contribution in [0.5, 0.6) is 0 Å². The molecule has 0 aliphatic heterocycles. The summed E-state index contributed by atoms with van der Waals surface area (Å²) in [6.45, 7) is 0. The maximum atomic E-state index is 11.9. The topological polar surface area (TPSA) is 86.8 Å². The van der Waals surface area contributed by atoms with Gasteiger partial charge in [0.15, 0.2) is 5.92 Å². The number of hydrogen-bond acceptors (Lipinski definition) is 6. The van der Waals surface area contributed by atoms with Crippen LogP contribution in [0.25, 0.3) is 10.9 Å². The van der Waals surface area contributed by atoms with E-state index in [2.05, 4.69) is 9.72 Å². The number of ether oxygens (including phenoxy) is 1. The molecule has 1 aromatic heterocycles. The van der Waals surface area contributed by atoms with Gasteiger partial charge in [-0.1, -0.05) is 11.6 Å². The average molecular weight is 332 g/mol. The maximum absolute atomic E-state index is 11.9. The highest BCUT2D eigenvalue weighted by Gasteiger charge is 2.28. The summed E-state index contributed by atoms with van der Waals surface area (Å²) >= 11 is 7.28. The molecule has 22 heavy (non-hydrogen) atoms. The Labute approximate surface area is 136 Å². The van der Waals surface area contributed by atoms with Crippen LogP contribution >= 0.6 is 23.4 Å². The van der Waals surface area contributed by atoms with Crippen molar-refractivity contribution in [2.45, 2.75) is 10.9 Å². The predicted molar refractivity (Wildman–Crippen MR) is 83.6 cm³/mol. The number of aromatic nitrogens is 1. The summed E-state index contributed by atoms with van der Waals surface area (Å²) in [6.07, 6.45) is 1.77. The highest BCUT2D eigenvalue weighted by molar-refractivity contribution is 7.98. The lowest BCUT2D eigenvalue weighted by molar-refractivity contribution is -0.140. The minimum atomic E-state index is -1.21. The second kappa shape index (κ2) is 6.65. The summed E-state index contributed by atoms with van der Waals surface area (Å²) in [5, 5.41) is 20.2. The number of nitriles is 2. The van der Waals surface area contributed by atoms with E-state index < -0.39 is 11.9 Å². The van der Waals surface area contributed by atoms with Gasteiger partial charge in [0, 0.05) is 16.0 Å². The van der Waals surface area contributed by atoms with Crippen LogP contribution in [0.15, 0.2) is 23.2 Å². The molecule has 0 fully saturated rings. The molecule has 1 unspecified atom stereocenters. The van der Waals surface area contributed by atoms with Gasteiger partial charge in [0.2, 0.25) is 0 Å². The Balaban J connectivity index is 2.95. The van der Waals surface area contributed by atoms with Crippen molar-refractivity contribution in [3.05, 3.63) is 34.3 Å². The number of carbonyl (C=O) groups is 1. The van der Waals surface area contributed by atoms with Crippen molar-refractivity contribution < 1.29 is 9.53 Å². The molecule has 7 heteroatoms. The summed E-state index contributed by atoms with van der Waals surface area (Å²) in [5.74, 6) is -1.94. The van der Waals surface area contributed by atoms with Crippen LogP contribution in [-0.4, -0.2) is 24.3 Å². The molecular weight excluding hydrogens is 322 g/mol. The number of pyridine rings is 1. The quantitative estimate of drug-likeness (QED) is 0.633. The highest BCUT2D eigenvalue weighted by atomic mass is 35.5. The molecule has 0 N–H and O–H groups in total. The average Bonchev–Trinajstić information content (AvgIpc) is 2.54. The number of carbonyl (C=O) groups excluding carboxylic acids is 1. The molecule has 0 radical (unpaired) electrons. The lowest BCUT2D eigenvalue weighted by Crippen LogP contribution is -2.15. The van der Waals surface area contributed by atoms with Crippen molar-refractivity contribution in [2.24, 2.45) is 0 Å². The SMILES string of the molecule is COC(=O)C(C#N)c1c(C#N)c(SC)nc2ccc(Cl)cc12. The number of methoxy groups -OCH3 is 1. The number of halogens is 1. The second-order valence-electron chi connectivity index (χ2n) is 4.27. The standard InChI is InChI=1S/C15H10ClN3O2S/c1-21-15(20)11(7-18)13-9-5-8(16)3-4-12(9)19-14(22-2)10(13)6-17/h3-5,11H,1-2H3. The normalized spacial score (nSPS) is 11.5. The zero-order chi connectivity index (χ0) is 16.3. The van der Waals surface area contributed by atoms with E-state index in [9.17, 15) is 15.3 Å². The third-order valence-corrected chi connectivity index (χ3v) is 4.03. The van der Waals surface area contributed by atoms with Crippen LogP contribution in [0.2, 0.25) is 5.02 Å². The molecule has 0 bridgehead atoms. The third kappa shape index (κ3) is 2.71. The number of esters is 1. The first kappa shape index (κ1) is 16.1. The van der Waals surface area contributed by atoms with Crippen molar-refractivity contribution >= 4 is 40.2 Å². The van der Waals surface area contributed by atoms with Gasteiger partial charge >= 0.3 is 5.97 Å². The Morgan fingerprint density at radius 1 is 1.45 bits per heavy atom. The van der Waals surface area contributed by atoms with Gasteiger partial charge in [-0.15, -0.1) is 11.8 Å². The molecule has 0 spiro atoms. The van der Waals surface area contributed by atoms with Crippen molar-refractivity contribution in [2.75, 3.05) is 13.4 Å². The molecule has 2 aromatic rings. The lowest BCUT2D eigenvalue weighted by atomic mass is 9.92.